The highest BCUT2D eigenvalue weighted by Crippen LogP contribution is 2.45. The largest absolute Gasteiger partial charge is 0.472 e. The van der Waals surface area contributed by atoms with Crippen LogP contribution in [0.4, 0.5) is 0 Å². The lowest BCUT2D eigenvalue weighted by Gasteiger charge is -2.21. The highest BCUT2D eigenvalue weighted by Gasteiger charge is 2.30. The lowest BCUT2D eigenvalue weighted by molar-refractivity contribution is -0.161. The molecule has 0 aliphatic rings. The number of unbranched alkanes of at least 4 members (excludes halogenated alkanes) is 28. The first-order valence-corrected chi connectivity index (χ1v) is 43.4. The van der Waals surface area contributed by atoms with Crippen molar-refractivity contribution in [1.29, 1.82) is 0 Å². The van der Waals surface area contributed by atoms with Gasteiger partial charge < -0.3 is 33.8 Å². The first kappa shape index (κ1) is 99.2. The molecule has 0 rings (SSSR count). The maximum atomic E-state index is 13.1. The van der Waals surface area contributed by atoms with Crippen LogP contribution in [-0.2, 0) is 65.4 Å². The molecule has 0 aromatic carbocycles. The number of carbonyl (C=O) groups excluding carboxylic acids is 4. The van der Waals surface area contributed by atoms with Gasteiger partial charge in [0.1, 0.15) is 19.3 Å². The predicted octanol–water partition coefficient (Wildman–Crippen LogP) is 23.7. The molecular weight excluding hydrogens is 1350 g/mol. The van der Waals surface area contributed by atoms with Gasteiger partial charge in [0.2, 0.25) is 0 Å². The number of carbonyl (C=O) groups is 4. The monoisotopic (exact) mass is 1500 g/mol. The minimum absolute atomic E-state index is 0.0797. The molecule has 0 saturated carbocycles. The second kappa shape index (κ2) is 76.4. The molecule has 0 fully saturated rings. The fourth-order valence-electron chi connectivity index (χ4n) is 10.5. The van der Waals surface area contributed by atoms with E-state index < -0.39 is 97.5 Å². The van der Waals surface area contributed by atoms with Crippen molar-refractivity contribution in [2.24, 2.45) is 0 Å². The summed E-state index contributed by atoms with van der Waals surface area (Å²) < 4.78 is 68.5. The average Bonchev–Trinajstić information content (AvgIpc) is 0.999. The maximum Gasteiger partial charge on any atom is 0.472 e. The molecule has 0 aromatic rings. The van der Waals surface area contributed by atoms with Gasteiger partial charge >= 0.3 is 39.5 Å². The molecule has 0 aromatic heterocycles. The Hall–Kier alpha value is -4.80. The van der Waals surface area contributed by atoms with Gasteiger partial charge in [-0.15, -0.1) is 0 Å². The Morgan fingerprint density at radius 3 is 0.865 bits per heavy atom. The van der Waals surface area contributed by atoms with Gasteiger partial charge in [0.05, 0.1) is 32.8 Å². The Bertz CT molecular complexity index is 2490. The lowest BCUT2D eigenvalue weighted by atomic mass is 10.1. The molecule has 0 saturated heterocycles. The molecule has 0 bridgehead atoms. The Morgan fingerprint density at radius 2 is 0.538 bits per heavy atom. The van der Waals surface area contributed by atoms with Crippen LogP contribution in [0, 0.1) is 0 Å². The molecule has 0 aliphatic heterocycles. The van der Waals surface area contributed by atoms with E-state index in [1.54, 1.807) is 12.2 Å². The highest BCUT2D eigenvalue weighted by atomic mass is 31.2. The number of phosphoric ester groups is 2. The summed E-state index contributed by atoms with van der Waals surface area (Å²) in [5.74, 6) is -2.35. The van der Waals surface area contributed by atoms with Crippen LogP contribution in [0.5, 0.6) is 0 Å². The van der Waals surface area contributed by atoms with Crippen LogP contribution in [0.2, 0.25) is 0 Å². The smallest absolute Gasteiger partial charge is 0.462 e. The van der Waals surface area contributed by atoms with E-state index in [-0.39, 0.29) is 25.7 Å². The van der Waals surface area contributed by atoms with E-state index >= 15 is 0 Å². The van der Waals surface area contributed by atoms with Crippen molar-refractivity contribution in [1.82, 2.24) is 0 Å². The molecule has 104 heavy (non-hydrogen) atoms. The van der Waals surface area contributed by atoms with Crippen molar-refractivity contribution < 1.29 is 80.2 Å². The number of allylic oxidation sites excluding steroid dienone is 21. The quantitative estimate of drug-likeness (QED) is 0.0169. The Morgan fingerprint density at radius 1 is 0.288 bits per heavy atom. The fourth-order valence-corrected chi connectivity index (χ4v) is 12.1. The predicted molar refractivity (Wildman–Crippen MR) is 427 cm³/mol. The Kier molecular flexibility index (Phi) is 72.9. The molecule has 0 amide bonds. The minimum Gasteiger partial charge on any atom is -0.462 e. The third-order valence-corrected chi connectivity index (χ3v) is 18.5. The summed E-state index contributed by atoms with van der Waals surface area (Å²) in [6, 6.07) is 0. The summed E-state index contributed by atoms with van der Waals surface area (Å²) in [7, 11) is -10.00. The van der Waals surface area contributed by atoms with Gasteiger partial charge in [-0.25, -0.2) is 9.13 Å². The van der Waals surface area contributed by atoms with E-state index in [9.17, 15) is 43.2 Å². The molecule has 5 unspecified atom stereocenters. The van der Waals surface area contributed by atoms with E-state index in [2.05, 4.69) is 137 Å². The number of hydrogen-bond acceptors (Lipinski definition) is 15. The van der Waals surface area contributed by atoms with Crippen LogP contribution >= 0.6 is 15.6 Å². The van der Waals surface area contributed by atoms with Gasteiger partial charge in [-0.1, -0.05) is 290 Å². The first-order valence-electron chi connectivity index (χ1n) is 40.4. The van der Waals surface area contributed by atoms with Gasteiger partial charge in [0, 0.05) is 19.3 Å². The molecule has 5 atom stereocenters. The summed E-state index contributed by atoms with van der Waals surface area (Å²) >= 11 is 0. The van der Waals surface area contributed by atoms with Crippen LogP contribution in [0.15, 0.2) is 134 Å². The number of hydrogen-bond donors (Lipinski definition) is 3. The van der Waals surface area contributed by atoms with E-state index in [0.717, 1.165) is 167 Å². The zero-order valence-electron chi connectivity index (χ0n) is 65.2. The summed E-state index contributed by atoms with van der Waals surface area (Å²) in [4.78, 5) is 73.0. The number of aliphatic hydroxyl groups excluding tert-OH is 1. The third kappa shape index (κ3) is 75.4. The van der Waals surface area contributed by atoms with Gasteiger partial charge in [0.15, 0.2) is 12.2 Å². The van der Waals surface area contributed by atoms with Gasteiger partial charge in [-0.05, 0) is 141 Å². The van der Waals surface area contributed by atoms with Crippen molar-refractivity contribution in [2.45, 2.75) is 341 Å². The van der Waals surface area contributed by atoms with Crippen molar-refractivity contribution in [3.8, 4) is 0 Å². The fraction of sp³-hybridized carbons (Fsp3) is 0.694. The molecule has 0 spiro atoms. The number of rotatable bonds is 75. The minimum atomic E-state index is -5.01. The first-order chi connectivity index (χ1) is 50.7. The summed E-state index contributed by atoms with van der Waals surface area (Å²) in [6.45, 7) is 4.51. The zero-order chi connectivity index (χ0) is 76.0. The summed E-state index contributed by atoms with van der Waals surface area (Å²) in [5.41, 5.74) is 0. The van der Waals surface area contributed by atoms with Crippen molar-refractivity contribution >= 4 is 39.5 Å². The average molecular weight is 1500 g/mol. The summed E-state index contributed by atoms with van der Waals surface area (Å²) in [5, 5.41) is 10.6. The van der Waals surface area contributed by atoms with E-state index in [4.69, 9.17) is 37.0 Å². The van der Waals surface area contributed by atoms with Gasteiger partial charge in [-0.2, -0.15) is 0 Å². The van der Waals surface area contributed by atoms with Crippen LogP contribution in [-0.4, -0.2) is 96.7 Å². The molecule has 0 radical (unpaired) electrons. The molecule has 0 heterocycles. The number of aliphatic hydroxyl groups is 1. The number of esters is 4. The molecule has 19 heteroatoms. The molecule has 3 N–H and O–H groups in total. The molecule has 0 aliphatic carbocycles. The molecule has 596 valence electrons. The third-order valence-electron chi connectivity index (χ3n) is 16.6. The van der Waals surface area contributed by atoms with E-state index in [0.29, 0.717) is 25.7 Å². The maximum absolute atomic E-state index is 13.1. The topological polar surface area (TPSA) is 237 Å². The Labute approximate surface area is 631 Å². The standard InChI is InChI=1S/C85H144O17P2/c1-5-9-13-17-21-25-29-33-37-38-39-40-44-46-50-54-58-62-66-70-83(88)96-76-81(102-85(90)72-68-64-60-56-52-48-43-36-32-28-24-20-16-12-8-4)78-100-104(93,94)98-74-79(86)73-97-103(91,92)99-77-80(101-84(89)71-67-63-59-55-51-47-42-35-31-27-23-19-15-11-7-3)75-95-82(87)69-65-61-57-53-49-45-41-34-30-26-22-18-14-10-6-2/h9,12-13,16,21,24-25,28,33-37,39-43,52,56,64,68,79-81,86H,5-8,10-11,14-15,17-20,22-23,26-27,29-32,38,44-51,53-55,57-63,65-67,69-78H2,1-4H3,(H,91,92)(H,93,94)/b13-9-,16-12-,25-21-,28-24-,37-33-,40-39-,41-34-,42-35-,43-36-,56-52-,68-64-. The van der Waals surface area contributed by atoms with E-state index in [1.807, 2.05) is 12.2 Å². The van der Waals surface area contributed by atoms with Crippen LogP contribution in [0.25, 0.3) is 0 Å². The van der Waals surface area contributed by atoms with E-state index in [1.165, 1.54) is 77.0 Å². The second-order valence-corrected chi connectivity index (χ2v) is 29.5. The summed E-state index contributed by atoms with van der Waals surface area (Å²) in [6.07, 6.45) is 86.0. The normalized spacial score (nSPS) is 14.6. The molecular formula is C85H144O17P2. The number of ether oxygens (including phenoxy) is 4. The van der Waals surface area contributed by atoms with Gasteiger partial charge in [0.25, 0.3) is 0 Å². The molecule has 17 nitrogen and oxygen atoms in total. The van der Waals surface area contributed by atoms with Crippen LogP contribution in [0.3, 0.4) is 0 Å². The lowest BCUT2D eigenvalue weighted by Crippen LogP contribution is -2.30. The zero-order valence-corrected chi connectivity index (χ0v) is 66.9. The van der Waals surface area contributed by atoms with Crippen molar-refractivity contribution in [3.05, 3.63) is 134 Å². The van der Waals surface area contributed by atoms with Crippen LogP contribution in [0.1, 0.15) is 323 Å². The van der Waals surface area contributed by atoms with Crippen molar-refractivity contribution in [2.75, 3.05) is 39.6 Å². The van der Waals surface area contributed by atoms with Crippen molar-refractivity contribution in [3.63, 3.8) is 0 Å². The SMILES string of the molecule is CC/C=C\C/C=C\C/C=C\C/C=C\C/C=C\CC(=O)OC(COC(=O)CCCCCCCC/C=C\C/C=C\C/C=C\C/C=C\CC)COP(=O)(O)OCC(O)COP(=O)(O)OCC(COC(=O)CCCCCCC/C=C\CCCCCCCC)OC(=O)CCCCCCC/C=C\CCCCCCCC. The highest BCUT2D eigenvalue weighted by molar-refractivity contribution is 7.47. The second-order valence-electron chi connectivity index (χ2n) is 26.6. The Balaban J connectivity index is 5.44. The number of phosphoric acid groups is 2. The van der Waals surface area contributed by atoms with Crippen LogP contribution < -0.4 is 0 Å². The van der Waals surface area contributed by atoms with Gasteiger partial charge in [-0.3, -0.25) is 37.3 Å².